The van der Waals surface area contributed by atoms with Crippen LogP contribution in [0, 0.1) is 0 Å². The molecule has 3 aromatic rings. The Morgan fingerprint density at radius 2 is 2.03 bits per heavy atom. The highest BCUT2D eigenvalue weighted by atomic mass is 16.6. The van der Waals surface area contributed by atoms with E-state index in [0.29, 0.717) is 11.0 Å². The lowest BCUT2D eigenvalue weighted by atomic mass is 10.0. The molecule has 0 bridgehead atoms. The number of nitrogen functional groups attached to an aromatic ring is 1. The molecule has 0 saturated heterocycles. The van der Waals surface area contributed by atoms with Gasteiger partial charge in [-0.1, -0.05) is 18.2 Å². The van der Waals surface area contributed by atoms with E-state index in [1.807, 2.05) is 24.3 Å². The van der Waals surface area contributed by atoms with Crippen LogP contribution in [0.2, 0.25) is 0 Å². The standard InChI is InChI=1S/C20H23N5O4/c1-20(2,3)29-19(28)22-8-12-5-4-6-13(7-12)14-9-25(10-15(26)27)18-16(14)17(21)23-11-24-18/h4-7,9,11H,8,10H2,1-3H3,(H,22,28)(H,26,27)(H2,21,23,24). The van der Waals surface area contributed by atoms with Crippen LogP contribution in [0.5, 0.6) is 0 Å². The molecule has 2 aromatic heterocycles. The Balaban J connectivity index is 1.92. The third kappa shape index (κ3) is 4.81. The number of ether oxygens (including phenoxy) is 1. The molecular formula is C20H23N5O4. The van der Waals surface area contributed by atoms with Crippen LogP contribution in [0.15, 0.2) is 36.8 Å². The molecule has 9 nitrogen and oxygen atoms in total. The highest BCUT2D eigenvalue weighted by molar-refractivity contribution is 6.01. The van der Waals surface area contributed by atoms with Gasteiger partial charge in [-0.25, -0.2) is 14.8 Å². The summed E-state index contributed by atoms with van der Waals surface area (Å²) in [5.74, 6) is -0.715. The van der Waals surface area contributed by atoms with Gasteiger partial charge in [0, 0.05) is 18.3 Å². The molecule has 0 unspecified atom stereocenters. The van der Waals surface area contributed by atoms with Crippen LogP contribution >= 0.6 is 0 Å². The van der Waals surface area contributed by atoms with Crippen LogP contribution in [0.1, 0.15) is 26.3 Å². The van der Waals surface area contributed by atoms with Crippen molar-refractivity contribution < 1.29 is 19.4 Å². The lowest BCUT2D eigenvalue weighted by molar-refractivity contribution is -0.137. The number of aromatic nitrogens is 3. The van der Waals surface area contributed by atoms with E-state index in [4.69, 9.17) is 10.5 Å². The van der Waals surface area contributed by atoms with Crippen LogP contribution in [0.25, 0.3) is 22.2 Å². The average molecular weight is 397 g/mol. The first kappa shape index (κ1) is 20.1. The van der Waals surface area contributed by atoms with Crippen molar-refractivity contribution >= 4 is 28.9 Å². The van der Waals surface area contributed by atoms with Crippen molar-refractivity contribution in [2.45, 2.75) is 39.5 Å². The maximum Gasteiger partial charge on any atom is 0.407 e. The second-order valence-corrected chi connectivity index (χ2v) is 7.58. The number of nitrogens with zero attached hydrogens (tertiary/aromatic N) is 3. The fraction of sp³-hybridized carbons (Fsp3) is 0.300. The maximum atomic E-state index is 11.9. The molecule has 3 rings (SSSR count). The zero-order valence-electron chi connectivity index (χ0n) is 16.5. The third-order valence-electron chi connectivity index (χ3n) is 4.06. The largest absolute Gasteiger partial charge is 0.480 e. The van der Waals surface area contributed by atoms with E-state index < -0.39 is 17.7 Å². The minimum atomic E-state index is -0.985. The van der Waals surface area contributed by atoms with Crippen LogP contribution in [-0.2, 0) is 22.6 Å². The normalized spacial score (nSPS) is 11.4. The Kier molecular flexibility index (Phi) is 5.40. The molecule has 0 aliphatic carbocycles. The summed E-state index contributed by atoms with van der Waals surface area (Å²) >= 11 is 0. The van der Waals surface area contributed by atoms with Crippen molar-refractivity contribution in [3.05, 3.63) is 42.4 Å². The number of carboxylic acid groups (broad SMARTS) is 1. The zero-order valence-corrected chi connectivity index (χ0v) is 16.5. The smallest absolute Gasteiger partial charge is 0.407 e. The van der Waals surface area contributed by atoms with E-state index in [-0.39, 0.29) is 18.9 Å². The molecule has 152 valence electrons. The van der Waals surface area contributed by atoms with Gasteiger partial charge < -0.3 is 25.5 Å². The number of anilines is 1. The Hall–Kier alpha value is -3.62. The number of hydrogen-bond acceptors (Lipinski definition) is 6. The summed E-state index contributed by atoms with van der Waals surface area (Å²) in [4.78, 5) is 31.3. The molecule has 29 heavy (non-hydrogen) atoms. The number of nitrogens with two attached hydrogens (primary N) is 1. The topological polar surface area (TPSA) is 132 Å². The van der Waals surface area contributed by atoms with Crippen molar-refractivity contribution in [3.63, 3.8) is 0 Å². The van der Waals surface area contributed by atoms with Gasteiger partial charge >= 0.3 is 12.1 Å². The van der Waals surface area contributed by atoms with Gasteiger partial charge in [0.2, 0.25) is 0 Å². The number of carbonyl (C=O) groups is 2. The van der Waals surface area contributed by atoms with Crippen molar-refractivity contribution in [1.82, 2.24) is 19.9 Å². The number of carboxylic acids is 1. The minimum absolute atomic E-state index is 0.243. The Morgan fingerprint density at radius 1 is 1.28 bits per heavy atom. The number of alkyl carbamates (subject to hydrolysis) is 1. The summed E-state index contributed by atoms with van der Waals surface area (Å²) in [5, 5.41) is 12.5. The number of nitrogens with one attached hydrogen (secondary N) is 1. The molecule has 0 aliphatic rings. The summed E-state index contributed by atoms with van der Waals surface area (Å²) in [6.45, 7) is 5.43. The summed E-state index contributed by atoms with van der Waals surface area (Å²) in [6.07, 6.45) is 2.50. The first-order valence-electron chi connectivity index (χ1n) is 9.01. The number of aliphatic carboxylic acids is 1. The van der Waals surface area contributed by atoms with Gasteiger partial charge in [0.05, 0.1) is 5.39 Å². The predicted octanol–water partition coefficient (Wildman–Crippen LogP) is 2.79. The molecule has 4 N–H and O–H groups in total. The number of benzene rings is 1. The summed E-state index contributed by atoms with van der Waals surface area (Å²) in [6, 6.07) is 7.49. The monoisotopic (exact) mass is 397 g/mol. The van der Waals surface area contributed by atoms with E-state index in [9.17, 15) is 14.7 Å². The zero-order chi connectivity index (χ0) is 21.2. The molecule has 1 aromatic carbocycles. The van der Waals surface area contributed by atoms with Gasteiger partial charge in [-0.3, -0.25) is 4.79 Å². The Labute approximate surface area is 167 Å². The molecule has 0 radical (unpaired) electrons. The molecule has 1 amide bonds. The molecule has 0 aliphatic heterocycles. The van der Waals surface area contributed by atoms with Crippen molar-refractivity contribution in [3.8, 4) is 11.1 Å². The minimum Gasteiger partial charge on any atom is -0.480 e. The van der Waals surface area contributed by atoms with Crippen molar-refractivity contribution in [2.24, 2.45) is 0 Å². The average Bonchev–Trinajstić information content (AvgIpc) is 2.98. The predicted molar refractivity (Wildman–Crippen MR) is 108 cm³/mol. The lowest BCUT2D eigenvalue weighted by Gasteiger charge is -2.19. The molecule has 0 spiro atoms. The van der Waals surface area contributed by atoms with E-state index in [1.165, 1.54) is 10.9 Å². The molecule has 2 heterocycles. The van der Waals surface area contributed by atoms with Gasteiger partial charge in [-0.2, -0.15) is 0 Å². The van der Waals surface area contributed by atoms with Crippen LogP contribution in [0.4, 0.5) is 10.6 Å². The van der Waals surface area contributed by atoms with Crippen LogP contribution in [-0.4, -0.2) is 37.3 Å². The number of amides is 1. The first-order chi connectivity index (χ1) is 13.6. The Bertz CT molecular complexity index is 1070. The van der Waals surface area contributed by atoms with E-state index >= 15 is 0 Å². The van der Waals surface area contributed by atoms with Gasteiger partial charge in [0.25, 0.3) is 0 Å². The molecule has 0 saturated carbocycles. The van der Waals surface area contributed by atoms with Crippen molar-refractivity contribution in [2.75, 3.05) is 5.73 Å². The van der Waals surface area contributed by atoms with E-state index in [2.05, 4.69) is 15.3 Å². The van der Waals surface area contributed by atoms with E-state index in [0.717, 1.165) is 16.7 Å². The molecular weight excluding hydrogens is 374 g/mol. The van der Waals surface area contributed by atoms with Gasteiger partial charge in [0.15, 0.2) is 0 Å². The molecule has 9 heteroatoms. The highest BCUT2D eigenvalue weighted by Gasteiger charge is 2.18. The SMILES string of the molecule is CC(C)(C)OC(=O)NCc1cccc(-c2cn(CC(=O)O)c3ncnc(N)c23)c1. The summed E-state index contributed by atoms with van der Waals surface area (Å²) in [5.41, 5.74) is 8.31. The number of hydrogen-bond donors (Lipinski definition) is 3. The summed E-state index contributed by atoms with van der Waals surface area (Å²) in [7, 11) is 0. The number of fused-ring (bicyclic) bond motifs is 1. The first-order valence-corrected chi connectivity index (χ1v) is 9.01. The van der Waals surface area contributed by atoms with Gasteiger partial charge in [0.1, 0.15) is 29.9 Å². The fourth-order valence-corrected chi connectivity index (χ4v) is 2.97. The molecule has 0 atom stereocenters. The second kappa shape index (κ2) is 7.78. The van der Waals surface area contributed by atoms with Crippen molar-refractivity contribution in [1.29, 1.82) is 0 Å². The fourth-order valence-electron chi connectivity index (χ4n) is 2.97. The van der Waals surface area contributed by atoms with Gasteiger partial charge in [-0.15, -0.1) is 0 Å². The summed E-state index contributed by atoms with van der Waals surface area (Å²) < 4.78 is 6.77. The van der Waals surface area contributed by atoms with Crippen LogP contribution in [0.3, 0.4) is 0 Å². The number of rotatable bonds is 5. The quantitative estimate of drug-likeness (QED) is 0.603. The highest BCUT2D eigenvalue weighted by Crippen LogP contribution is 2.33. The van der Waals surface area contributed by atoms with Crippen LogP contribution < -0.4 is 11.1 Å². The Morgan fingerprint density at radius 3 is 2.72 bits per heavy atom. The second-order valence-electron chi connectivity index (χ2n) is 7.58. The molecule has 0 fully saturated rings. The third-order valence-corrected chi connectivity index (χ3v) is 4.06. The van der Waals surface area contributed by atoms with Gasteiger partial charge in [-0.05, 0) is 38.0 Å². The van der Waals surface area contributed by atoms with E-state index in [1.54, 1.807) is 27.0 Å². The maximum absolute atomic E-state index is 11.9. The lowest BCUT2D eigenvalue weighted by Crippen LogP contribution is -2.32. The number of carbonyl (C=O) groups excluding carboxylic acids is 1.